The highest BCUT2D eigenvalue weighted by molar-refractivity contribution is 5.41. The predicted molar refractivity (Wildman–Crippen MR) is 76.3 cm³/mol. The molecule has 0 atom stereocenters. The van der Waals surface area contributed by atoms with E-state index in [1.807, 2.05) is 17.7 Å². The van der Waals surface area contributed by atoms with Crippen molar-refractivity contribution in [2.45, 2.75) is 33.3 Å². The van der Waals surface area contributed by atoms with Gasteiger partial charge in [0.25, 0.3) is 0 Å². The number of anilines is 1. The molecular formula is C13H20N6O. The van der Waals surface area contributed by atoms with Gasteiger partial charge in [0.2, 0.25) is 0 Å². The number of aryl methyl sites for hydroxylation is 1. The van der Waals surface area contributed by atoms with Crippen molar-refractivity contribution in [2.24, 2.45) is 5.84 Å². The second kappa shape index (κ2) is 6.97. The van der Waals surface area contributed by atoms with Crippen LogP contribution in [0.25, 0.3) is 5.82 Å². The van der Waals surface area contributed by atoms with Crippen LogP contribution >= 0.6 is 0 Å². The van der Waals surface area contributed by atoms with Crippen LogP contribution in [0.5, 0.6) is 0 Å². The van der Waals surface area contributed by atoms with Gasteiger partial charge in [-0.2, -0.15) is 0 Å². The van der Waals surface area contributed by atoms with Crippen LogP contribution in [-0.4, -0.2) is 26.1 Å². The molecule has 0 saturated heterocycles. The van der Waals surface area contributed by atoms with Gasteiger partial charge in [0.15, 0.2) is 5.82 Å². The van der Waals surface area contributed by atoms with Gasteiger partial charge in [0, 0.05) is 31.5 Å². The minimum atomic E-state index is 0.358. The van der Waals surface area contributed by atoms with E-state index in [4.69, 9.17) is 10.6 Å². The van der Waals surface area contributed by atoms with Gasteiger partial charge in [0.1, 0.15) is 24.1 Å². The summed E-state index contributed by atoms with van der Waals surface area (Å²) in [7, 11) is 0. The van der Waals surface area contributed by atoms with Crippen LogP contribution in [0.1, 0.15) is 31.9 Å². The molecule has 7 nitrogen and oxygen atoms in total. The highest BCUT2D eigenvalue weighted by atomic mass is 16.5. The molecule has 2 aromatic heterocycles. The molecule has 0 aliphatic carbocycles. The Hall–Kier alpha value is -1.99. The van der Waals surface area contributed by atoms with Crippen LogP contribution in [0.15, 0.2) is 18.5 Å². The van der Waals surface area contributed by atoms with Crippen molar-refractivity contribution >= 4 is 5.82 Å². The van der Waals surface area contributed by atoms with Gasteiger partial charge in [0.05, 0.1) is 0 Å². The number of hydrogen-bond donors (Lipinski definition) is 2. The van der Waals surface area contributed by atoms with E-state index in [1.165, 1.54) is 0 Å². The first-order chi connectivity index (χ1) is 9.78. The largest absolute Gasteiger partial charge is 0.374 e. The highest BCUT2D eigenvalue weighted by Gasteiger charge is 2.09. The standard InChI is InChI=1S/C13H20N6O/c1-3-5-12-15-6-7-19(12)13-8-10(18-14)16-11(17-13)9-20-4-2/h6-8H,3-5,9,14H2,1-2H3,(H,16,17,18). The predicted octanol–water partition coefficient (Wildman–Crippen LogP) is 1.44. The van der Waals surface area contributed by atoms with E-state index in [1.54, 1.807) is 12.3 Å². The van der Waals surface area contributed by atoms with Crippen LogP contribution in [-0.2, 0) is 17.8 Å². The Morgan fingerprint density at radius 1 is 1.35 bits per heavy atom. The maximum absolute atomic E-state index is 5.46. The van der Waals surface area contributed by atoms with Crippen molar-refractivity contribution < 1.29 is 4.74 Å². The topological polar surface area (TPSA) is 90.9 Å². The van der Waals surface area contributed by atoms with Gasteiger partial charge >= 0.3 is 0 Å². The van der Waals surface area contributed by atoms with Gasteiger partial charge in [-0.25, -0.2) is 20.8 Å². The minimum Gasteiger partial charge on any atom is -0.374 e. The van der Waals surface area contributed by atoms with Crippen molar-refractivity contribution in [3.8, 4) is 5.82 Å². The normalized spacial score (nSPS) is 10.8. The lowest BCUT2D eigenvalue weighted by atomic mass is 10.3. The lowest BCUT2D eigenvalue weighted by molar-refractivity contribution is 0.128. The Morgan fingerprint density at radius 3 is 2.90 bits per heavy atom. The van der Waals surface area contributed by atoms with Crippen molar-refractivity contribution in [1.82, 2.24) is 19.5 Å². The average Bonchev–Trinajstić information content (AvgIpc) is 2.93. The maximum atomic E-state index is 5.46. The van der Waals surface area contributed by atoms with E-state index < -0.39 is 0 Å². The maximum Gasteiger partial charge on any atom is 0.158 e. The molecule has 0 aliphatic rings. The Morgan fingerprint density at radius 2 is 2.20 bits per heavy atom. The molecule has 0 spiro atoms. The summed E-state index contributed by atoms with van der Waals surface area (Å²) in [5.74, 6) is 8.32. The van der Waals surface area contributed by atoms with E-state index >= 15 is 0 Å². The molecular weight excluding hydrogens is 256 g/mol. The number of nitrogens with zero attached hydrogens (tertiary/aromatic N) is 4. The zero-order chi connectivity index (χ0) is 14.4. The first-order valence-electron chi connectivity index (χ1n) is 6.73. The zero-order valence-electron chi connectivity index (χ0n) is 11.8. The molecule has 0 bridgehead atoms. The van der Waals surface area contributed by atoms with Crippen molar-refractivity contribution in [3.05, 3.63) is 30.1 Å². The Kier molecular flexibility index (Phi) is 5.03. The van der Waals surface area contributed by atoms with Gasteiger partial charge < -0.3 is 10.2 Å². The van der Waals surface area contributed by atoms with Crippen molar-refractivity contribution in [3.63, 3.8) is 0 Å². The number of aromatic nitrogens is 4. The summed E-state index contributed by atoms with van der Waals surface area (Å²) in [6, 6.07) is 1.79. The average molecular weight is 276 g/mol. The lowest BCUT2D eigenvalue weighted by Gasteiger charge is -2.10. The summed E-state index contributed by atoms with van der Waals surface area (Å²) >= 11 is 0. The molecule has 2 heterocycles. The lowest BCUT2D eigenvalue weighted by Crippen LogP contribution is -2.13. The quantitative estimate of drug-likeness (QED) is 0.587. The summed E-state index contributed by atoms with van der Waals surface area (Å²) in [4.78, 5) is 13.1. The summed E-state index contributed by atoms with van der Waals surface area (Å²) in [6.07, 6.45) is 5.57. The van der Waals surface area contributed by atoms with Crippen LogP contribution in [0.2, 0.25) is 0 Å². The number of imidazole rings is 1. The molecule has 0 aliphatic heterocycles. The Bertz CT molecular complexity index is 554. The molecule has 108 valence electrons. The summed E-state index contributed by atoms with van der Waals surface area (Å²) in [5.41, 5.74) is 2.56. The van der Waals surface area contributed by atoms with Gasteiger partial charge in [-0.3, -0.25) is 4.57 Å². The molecule has 7 heteroatoms. The molecule has 20 heavy (non-hydrogen) atoms. The molecule has 3 N–H and O–H groups in total. The fraction of sp³-hybridized carbons (Fsp3) is 0.462. The first-order valence-corrected chi connectivity index (χ1v) is 6.73. The highest BCUT2D eigenvalue weighted by Crippen LogP contribution is 2.14. The number of ether oxygens (including phenoxy) is 1. The molecule has 0 saturated carbocycles. The number of nitrogen functional groups attached to an aromatic ring is 1. The summed E-state index contributed by atoms with van der Waals surface area (Å²) in [6.45, 7) is 5.02. The number of nitrogens with two attached hydrogens (primary N) is 1. The molecule has 0 radical (unpaired) electrons. The Labute approximate surface area is 118 Å². The zero-order valence-corrected chi connectivity index (χ0v) is 11.8. The third kappa shape index (κ3) is 3.31. The van der Waals surface area contributed by atoms with E-state index in [-0.39, 0.29) is 0 Å². The smallest absolute Gasteiger partial charge is 0.158 e. The molecule has 0 amide bonds. The van der Waals surface area contributed by atoms with E-state index in [9.17, 15) is 0 Å². The van der Waals surface area contributed by atoms with E-state index in [2.05, 4.69) is 27.3 Å². The number of nitrogens with one attached hydrogen (secondary N) is 1. The fourth-order valence-corrected chi connectivity index (χ4v) is 1.89. The van der Waals surface area contributed by atoms with Crippen molar-refractivity contribution in [1.29, 1.82) is 0 Å². The monoisotopic (exact) mass is 276 g/mol. The summed E-state index contributed by atoms with van der Waals surface area (Å²) < 4.78 is 7.30. The number of hydrazine groups is 1. The number of rotatable bonds is 7. The molecule has 0 aromatic carbocycles. The van der Waals surface area contributed by atoms with Crippen LogP contribution in [0.3, 0.4) is 0 Å². The third-order valence-electron chi connectivity index (χ3n) is 2.78. The van der Waals surface area contributed by atoms with E-state index in [0.29, 0.717) is 24.9 Å². The van der Waals surface area contributed by atoms with Crippen LogP contribution in [0, 0.1) is 0 Å². The van der Waals surface area contributed by atoms with Crippen LogP contribution in [0.4, 0.5) is 5.82 Å². The fourth-order valence-electron chi connectivity index (χ4n) is 1.89. The van der Waals surface area contributed by atoms with Crippen molar-refractivity contribution in [2.75, 3.05) is 12.0 Å². The molecule has 2 rings (SSSR count). The van der Waals surface area contributed by atoms with Gasteiger partial charge in [-0.05, 0) is 13.3 Å². The van der Waals surface area contributed by atoms with E-state index in [0.717, 1.165) is 24.5 Å². The van der Waals surface area contributed by atoms with Gasteiger partial charge in [-0.1, -0.05) is 6.92 Å². The second-order valence-corrected chi connectivity index (χ2v) is 4.27. The Balaban J connectivity index is 2.36. The summed E-state index contributed by atoms with van der Waals surface area (Å²) in [5, 5.41) is 0. The van der Waals surface area contributed by atoms with Crippen LogP contribution < -0.4 is 11.3 Å². The SMILES string of the molecule is CCCc1nccn1-c1cc(NN)nc(COCC)n1. The minimum absolute atomic E-state index is 0.358. The molecule has 0 fully saturated rings. The van der Waals surface area contributed by atoms with Gasteiger partial charge in [-0.15, -0.1) is 0 Å². The molecule has 2 aromatic rings. The first kappa shape index (κ1) is 14.4. The third-order valence-corrected chi connectivity index (χ3v) is 2.78. The second-order valence-electron chi connectivity index (χ2n) is 4.27. The molecule has 0 unspecified atom stereocenters. The number of hydrogen-bond acceptors (Lipinski definition) is 6.